The lowest BCUT2D eigenvalue weighted by molar-refractivity contribution is 0.470. The molecular weight excluding hydrogens is 326 g/mol. The van der Waals surface area contributed by atoms with E-state index in [1.807, 2.05) is 16.8 Å². The zero-order valence-electron chi connectivity index (χ0n) is 14.8. The van der Waals surface area contributed by atoms with Crippen LogP contribution in [0.1, 0.15) is 36.1 Å². The van der Waals surface area contributed by atoms with Crippen molar-refractivity contribution in [3.63, 3.8) is 0 Å². The number of aryl methyl sites for hydroxylation is 3. The van der Waals surface area contributed by atoms with Crippen LogP contribution >= 0.6 is 0 Å². The molecule has 2 aromatic heterocycles. The van der Waals surface area contributed by atoms with Gasteiger partial charge in [0, 0.05) is 25.5 Å². The van der Waals surface area contributed by atoms with Gasteiger partial charge in [-0.1, -0.05) is 0 Å². The van der Waals surface area contributed by atoms with Gasteiger partial charge in [-0.25, -0.2) is 4.98 Å². The van der Waals surface area contributed by atoms with Gasteiger partial charge in [-0.2, -0.15) is 5.10 Å². The zero-order valence-corrected chi connectivity index (χ0v) is 14.8. The average Bonchev–Trinajstić information content (AvgIpc) is 3.23. The van der Waals surface area contributed by atoms with E-state index in [0.29, 0.717) is 5.75 Å². The topological polar surface area (TPSA) is 67.9 Å². The van der Waals surface area contributed by atoms with Crippen molar-refractivity contribution < 1.29 is 5.11 Å². The average molecular weight is 349 g/mol. The molecule has 0 fully saturated rings. The van der Waals surface area contributed by atoms with Crippen molar-refractivity contribution in [3.8, 4) is 23.0 Å². The summed E-state index contributed by atoms with van der Waals surface area (Å²) in [5, 5.41) is 18.8. The number of rotatable bonds is 2. The number of nitrogens with one attached hydrogen (secondary N) is 1. The third-order valence-electron chi connectivity index (χ3n) is 5.46. The van der Waals surface area contributed by atoms with E-state index < -0.39 is 0 Å². The Morgan fingerprint density at radius 2 is 1.88 bits per heavy atom. The molecular formula is C20H23N5O. The number of phenolic OH excluding ortho intramolecular Hbond substituents is 1. The number of hydrogen-bond donors (Lipinski definition) is 2. The molecule has 0 amide bonds. The minimum atomic E-state index is 0.312. The summed E-state index contributed by atoms with van der Waals surface area (Å²) in [5.41, 5.74) is 5.44. The van der Waals surface area contributed by atoms with E-state index in [2.05, 4.69) is 27.1 Å². The molecule has 0 spiro atoms. The van der Waals surface area contributed by atoms with Crippen LogP contribution in [0, 0.1) is 0 Å². The van der Waals surface area contributed by atoms with Crippen LogP contribution in [0.15, 0.2) is 30.6 Å². The second kappa shape index (κ2) is 6.29. The molecule has 6 heteroatoms. The molecule has 0 saturated heterocycles. The van der Waals surface area contributed by atoms with Crippen molar-refractivity contribution in [1.29, 1.82) is 0 Å². The first-order chi connectivity index (χ1) is 12.8. The highest BCUT2D eigenvalue weighted by atomic mass is 16.3. The van der Waals surface area contributed by atoms with Gasteiger partial charge >= 0.3 is 0 Å². The maximum atomic E-state index is 10.6. The molecule has 0 bridgehead atoms. The van der Waals surface area contributed by atoms with Crippen LogP contribution in [0.4, 0.5) is 0 Å². The Hall–Kier alpha value is -2.60. The summed E-state index contributed by atoms with van der Waals surface area (Å²) in [4.78, 5) is 4.54. The number of fused-ring (bicyclic) bond motifs is 2. The van der Waals surface area contributed by atoms with Gasteiger partial charge in [-0.3, -0.25) is 9.25 Å². The highest BCUT2D eigenvalue weighted by Crippen LogP contribution is 2.33. The predicted octanol–water partition coefficient (Wildman–Crippen LogP) is 2.81. The van der Waals surface area contributed by atoms with Crippen molar-refractivity contribution in [1.82, 2.24) is 24.6 Å². The molecule has 0 atom stereocenters. The molecule has 3 heterocycles. The van der Waals surface area contributed by atoms with Crippen LogP contribution in [-0.2, 0) is 25.9 Å². The molecule has 3 aromatic rings. The fourth-order valence-corrected chi connectivity index (χ4v) is 4.11. The van der Waals surface area contributed by atoms with E-state index >= 15 is 0 Å². The van der Waals surface area contributed by atoms with Gasteiger partial charge in [-0.15, -0.1) is 0 Å². The minimum absolute atomic E-state index is 0.312. The SMILES string of the molecule is Oc1cc2c(cc1-n1ccnc1-c1cc3n(n1)CCCNC3)CCCC2. The lowest BCUT2D eigenvalue weighted by Crippen LogP contribution is -2.11. The Morgan fingerprint density at radius 1 is 1.04 bits per heavy atom. The highest BCUT2D eigenvalue weighted by Gasteiger charge is 2.19. The van der Waals surface area contributed by atoms with Crippen molar-refractivity contribution in [2.75, 3.05) is 6.54 Å². The maximum Gasteiger partial charge on any atom is 0.165 e. The molecule has 5 rings (SSSR count). The summed E-state index contributed by atoms with van der Waals surface area (Å²) >= 11 is 0. The molecule has 26 heavy (non-hydrogen) atoms. The quantitative estimate of drug-likeness (QED) is 0.746. The van der Waals surface area contributed by atoms with Gasteiger partial charge in [0.2, 0.25) is 0 Å². The first kappa shape index (κ1) is 15.6. The predicted molar refractivity (Wildman–Crippen MR) is 99.4 cm³/mol. The van der Waals surface area contributed by atoms with Gasteiger partial charge < -0.3 is 10.4 Å². The van der Waals surface area contributed by atoms with Crippen LogP contribution in [0.3, 0.4) is 0 Å². The summed E-state index contributed by atoms with van der Waals surface area (Å²) < 4.78 is 4.03. The Kier molecular flexibility index (Phi) is 3.78. The fourth-order valence-electron chi connectivity index (χ4n) is 4.11. The number of aromatic hydroxyl groups is 1. The summed E-state index contributed by atoms with van der Waals surface area (Å²) in [6, 6.07) is 6.16. The van der Waals surface area contributed by atoms with E-state index in [4.69, 9.17) is 5.10 Å². The van der Waals surface area contributed by atoms with Gasteiger partial charge in [0.1, 0.15) is 11.4 Å². The summed E-state index contributed by atoms with van der Waals surface area (Å²) in [6.07, 6.45) is 9.32. The minimum Gasteiger partial charge on any atom is -0.506 e. The summed E-state index contributed by atoms with van der Waals surface area (Å²) in [5.74, 6) is 1.09. The lowest BCUT2D eigenvalue weighted by Gasteiger charge is -2.18. The van der Waals surface area contributed by atoms with Crippen molar-refractivity contribution in [2.45, 2.75) is 45.2 Å². The molecule has 6 nitrogen and oxygen atoms in total. The second-order valence-corrected chi connectivity index (χ2v) is 7.21. The Bertz CT molecular complexity index is 932. The summed E-state index contributed by atoms with van der Waals surface area (Å²) in [6.45, 7) is 2.78. The molecule has 2 N–H and O–H groups in total. The van der Waals surface area contributed by atoms with E-state index in [1.165, 1.54) is 29.7 Å². The first-order valence-corrected chi connectivity index (χ1v) is 9.46. The van der Waals surface area contributed by atoms with Crippen LogP contribution in [-0.4, -0.2) is 31.0 Å². The van der Waals surface area contributed by atoms with Crippen molar-refractivity contribution >= 4 is 0 Å². The standard InChI is InChI=1S/C20H23N5O/c26-19-11-15-5-2-1-4-14(15)10-18(19)24-9-7-22-20(24)17-12-16-13-21-6-3-8-25(16)23-17/h7,9-12,21,26H,1-6,8,13H2. The molecule has 0 saturated carbocycles. The zero-order chi connectivity index (χ0) is 17.5. The smallest absolute Gasteiger partial charge is 0.165 e. The van der Waals surface area contributed by atoms with Crippen LogP contribution < -0.4 is 5.32 Å². The number of nitrogens with zero attached hydrogens (tertiary/aromatic N) is 4. The maximum absolute atomic E-state index is 10.6. The largest absolute Gasteiger partial charge is 0.506 e. The highest BCUT2D eigenvalue weighted by molar-refractivity contribution is 5.60. The molecule has 134 valence electrons. The normalized spacial score (nSPS) is 16.8. The molecule has 1 aromatic carbocycles. The van der Waals surface area contributed by atoms with Crippen LogP contribution in [0.5, 0.6) is 5.75 Å². The molecule has 0 radical (unpaired) electrons. The monoisotopic (exact) mass is 349 g/mol. The number of imidazole rings is 1. The molecule has 0 unspecified atom stereocenters. The second-order valence-electron chi connectivity index (χ2n) is 7.21. The van der Waals surface area contributed by atoms with Gasteiger partial charge in [0.25, 0.3) is 0 Å². The number of phenols is 1. The lowest BCUT2D eigenvalue weighted by atomic mass is 9.91. The Balaban J connectivity index is 1.58. The van der Waals surface area contributed by atoms with Crippen LogP contribution in [0.2, 0.25) is 0 Å². The molecule has 2 aliphatic rings. The van der Waals surface area contributed by atoms with E-state index in [9.17, 15) is 5.11 Å². The number of hydrogen-bond acceptors (Lipinski definition) is 4. The van der Waals surface area contributed by atoms with E-state index in [0.717, 1.165) is 56.1 Å². The van der Waals surface area contributed by atoms with Gasteiger partial charge in [0.15, 0.2) is 5.82 Å². The third kappa shape index (κ3) is 2.61. The first-order valence-electron chi connectivity index (χ1n) is 9.46. The Morgan fingerprint density at radius 3 is 2.77 bits per heavy atom. The van der Waals surface area contributed by atoms with E-state index in [1.54, 1.807) is 6.20 Å². The fraction of sp³-hybridized carbons (Fsp3) is 0.400. The van der Waals surface area contributed by atoms with Gasteiger partial charge in [0.05, 0.1) is 11.4 Å². The Labute approximate surface area is 152 Å². The number of benzene rings is 1. The van der Waals surface area contributed by atoms with Crippen LogP contribution in [0.25, 0.3) is 17.2 Å². The molecule has 1 aliphatic heterocycles. The summed E-state index contributed by atoms with van der Waals surface area (Å²) in [7, 11) is 0. The van der Waals surface area contributed by atoms with E-state index in [-0.39, 0.29) is 0 Å². The van der Waals surface area contributed by atoms with Crippen molar-refractivity contribution in [3.05, 3.63) is 47.4 Å². The third-order valence-corrected chi connectivity index (χ3v) is 5.46. The molecule has 1 aliphatic carbocycles. The van der Waals surface area contributed by atoms with Crippen molar-refractivity contribution in [2.24, 2.45) is 0 Å². The van der Waals surface area contributed by atoms with Gasteiger partial charge in [-0.05, 0) is 68.0 Å². The number of aromatic nitrogens is 4.